The van der Waals surface area contributed by atoms with Crippen LogP contribution in [0.1, 0.15) is 29.8 Å². The number of amides is 1. The maximum atomic E-state index is 12.2. The molecule has 0 aromatic carbocycles. The van der Waals surface area contributed by atoms with Crippen molar-refractivity contribution in [3.63, 3.8) is 0 Å². The number of likely N-dealkylation sites (tertiary alicyclic amines) is 1. The van der Waals surface area contributed by atoms with Crippen LogP contribution in [-0.4, -0.2) is 40.0 Å². The van der Waals surface area contributed by atoms with Gasteiger partial charge in [-0.2, -0.15) is 0 Å². The Balaban J connectivity index is 1.92. The van der Waals surface area contributed by atoms with Gasteiger partial charge in [0.15, 0.2) is 0 Å². The third-order valence-corrected chi connectivity index (χ3v) is 3.78. The summed E-state index contributed by atoms with van der Waals surface area (Å²) in [5, 5.41) is 8.75. The zero-order valence-electron chi connectivity index (χ0n) is 10.4. The van der Waals surface area contributed by atoms with E-state index in [1.165, 1.54) is 0 Å². The van der Waals surface area contributed by atoms with E-state index in [0.717, 1.165) is 17.3 Å². The van der Waals surface area contributed by atoms with Gasteiger partial charge in [-0.1, -0.05) is 0 Å². The van der Waals surface area contributed by atoms with Gasteiger partial charge in [-0.25, -0.2) is 4.98 Å². The molecule has 1 aromatic heterocycles. The average molecular weight is 327 g/mol. The minimum atomic E-state index is -0.764. The summed E-state index contributed by atoms with van der Waals surface area (Å²) in [7, 11) is 0. The number of carbonyl (C=O) groups excluding carboxylic acids is 1. The number of carboxylic acid groups (broad SMARTS) is 1. The zero-order chi connectivity index (χ0) is 13.8. The lowest BCUT2D eigenvalue weighted by molar-refractivity contribution is -0.138. The Morgan fingerprint density at radius 3 is 2.58 bits per heavy atom. The number of nitrogens with zero attached hydrogens (tertiary/aromatic N) is 2. The quantitative estimate of drug-likeness (QED) is 0.924. The van der Waals surface area contributed by atoms with E-state index in [4.69, 9.17) is 5.11 Å². The largest absolute Gasteiger partial charge is 0.481 e. The van der Waals surface area contributed by atoms with Crippen molar-refractivity contribution >= 4 is 27.8 Å². The summed E-state index contributed by atoms with van der Waals surface area (Å²) >= 11 is 3.28. The van der Waals surface area contributed by atoms with E-state index in [2.05, 4.69) is 20.9 Å². The lowest BCUT2D eigenvalue weighted by Gasteiger charge is -2.31. The number of pyridine rings is 1. The molecule has 0 bridgehead atoms. The molecule has 6 heteroatoms. The number of hydrogen-bond donors (Lipinski definition) is 1. The number of carbonyl (C=O) groups is 2. The molecule has 0 aliphatic carbocycles. The minimum Gasteiger partial charge on any atom is -0.481 e. The molecule has 0 saturated carbocycles. The predicted molar refractivity (Wildman–Crippen MR) is 72.8 cm³/mol. The van der Waals surface area contributed by atoms with Crippen LogP contribution >= 0.6 is 15.9 Å². The Morgan fingerprint density at radius 1 is 1.37 bits per heavy atom. The van der Waals surface area contributed by atoms with E-state index in [0.29, 0.717) is 18.8 Å². The van der Waals surface area contributed by atoms with Crippen LogP contribution in [0, 0.1) is 5.92 Å². The highest BCUT2D eigenvalue weighted by Gasteiger charge is 2.25. The first kappa shape index (κ1) is 14.0. The Hall–Kier alpha value is -1.43. The lowest BCUT2D eigenvalue weighted by Crippen LogP contribution is -2.39. The second-order valence-corrected chi connectivity index (χ2v) is 5.61. The van der Waals surface area contributed by atoms with Crippen molar-refractivity contribution in [2.24, 2.45) is 5.92 Å². The van der Waals surface area contributed by atoms with Crippen LogP contribution in [0.25, 0.3) is 0 Å². The Morgan fingerprint density at radius 2 is 2.05 bits per heavy atom. The maximum absolute atomic E-state index is 12.2. The van der Waals surface area contributed by atoms with E-state index in [9.17, 15) is 9.59 Å². The highest BCUT2D eigenvalue weighted by Crippen LogP contribution is 2.21. The number of halogens is 1. The summed E-state index contributed by atoms with van der Waals surface area (Å²) in [6.07, 6.45) is 3.28. The predicted octanol–water partition coefficient (Wildman–Crippen LogP) is 2.17. The van der Waals surface area contributed by atoms with Crippen LogP contribution in [-0.2, 0) is 4.79 Å². The van der Waals surface area contributed by atoms with Gasteiger partial charge in [0, 0.05) is 30.2 Å². The normalized spacial score (nSPS) is 16.4. The summed E-state index contributed by atoms with van der Waals surface area (Å²) in [5.74, 6) is -0.667. The van der Waals surface area contributed by atoms with Gasteiger partial charge in [0.25, 0.3) is 5.91 Å². The number of aliphatic carboxylic acids is 1. The maximum Gasteiger partial charge on any atom is 0.303 e. The smallest absolute Gasteiger partial charge is 0.303 e. The first-order valence-electron chi connectivity index (χ1n) is 6.19. The molecule has 2 rings (SSSR count). The fraction of sp³-hybridized carbons (Fsp3) is 0.462. The molecule has 1 fully saturated rings. The lowest BCUT2D eigenvalue weighted by atomic mass is 9.93. The molecular formula is C13H15BrN2O3. The number of rotatable bonds is 3. The van der Waals surface area contributed by atoms with E-state index in [1.807, 2.05) is 0 Å². The van der Waals surface area contributed by atoms with Crippen molar-refractivity contribution < 1.29 is 14.7 Å². The molecule has 1 amide bonds. The Labute approximate surface area is 119 Å². The van der Waals surface area contributed by atoms with Crippen LogP contribution in [0.15, 0.2) is 22.8 Å². The number of hydrogen-bond acceptors (Lipinski definition) is 3. The third kappa shape index (κ3) is 3.76. The monoisotopic (exact) mass is 326 g/mol. The van der Waals surface area contributed by atoms with Crippen molar-refractivity contribution in [1.29, 1.82) is 0 Å². The number of piperidine rings is 1. The number of carboxylic acids is 1. The molecule has 1 aromatic rings. The molecule has 102 valence electrons. The fourth-order valence-corrected chi connectivity index (χ4v) is 2.49. The Bertz CT molecular complexity index is 467. The van der Waals surface area contributed by atoms with Crippen molar-refractivity contribution in [3.05, 3.63) is 28.5 Å². The molecule has 1 aliphatic rings. The minimum absolute atomic E-state index is 0.0822. The summed E-state index contributed by atoms with van der Waals surface area (Å²) < 4.78 is 0.837. The van der Waals surface area contributed by atoms with Gasteiger partial charge in [0.2, 0.25) is 0 Å². The van der Waals surface area contributed by atoms with Gasteiger partial charge < -0.3 is 10.0 Å². The molecule has 19 heavy (non-hydrogen) atoms. The van der Waals surface area contributed by atoms with Gasteiger partial charge in [-0.3, -0.25) is 9.59 Å². The summed E-state index contributed by atoms with van der Waals surface area (Å²) in [4.78, 5) is 28.6. The fourth-order valence-electron chi connectivity index (χ4n) is 2.25. The van der Waals surface area contributed by atoms with Crippen LogP contribution < -0.4 is 0 Å². The summed E-state index contributed by atoms with van der Waals surface area (Å²) in [5.41, 5.74) is 0.430. The van der Waals surface area contributed by atoms with Gasteiger partial charge in [0.05, 0.1) is 0 Å². The standard InChI is InChI=1S/C13H15BrN2O3/c14-10-1-2-11(15-8-10)13(19)16-5-3-9(4-6-16)7-12(17)18/h1-2,8-9H,3-7H2,(H,17,18). The van der Waals surface area contributed by atoms with Crippen molar-refractivity contribution in [3.8, 4) is 0 Å². The second-order valence-electron chi connectivity index (χ2n) is 4.70. The molecule has 5 nitrogen and oxygen atoms in total. The first-order valence-corrected chi connectivity index (χ1v) is 6.98. The molecular weight excluding hydrogens is 312 g/mol. The molecule has 2 heterocycles. The average Bonchev–Trinajstić information content (AvgIpc) is 2.39. The zero-order valence-corrected chi connectivity index (χ0v) is 12.0. The Kier molecular flexibility index (Phi) is 4.52. The van der Waals surface area contributed by atoms with E-state index < -0.39 is 5.97 Å². The summed E-state index contributed by atoms with van der Waals surface area (Å²) in [6, 6.07) is 3.48. The van der Waals surface area contributed by atoms with Crippen molar-refractivity contribution in [2.45, 2.75) is 19.3 Å². The van der Waals surface area contributed by atoms with Crippen molar-refractivity contribution in [1.82, 2.24) is 9.88 Å². The van der Waals surface area contributed by atoms with Crippen LogP contribution in [0.3, 0.4) is 0 Å². The van der Waals surface area contributed by atoms with Gasteiger partial charge in [-0.15, -0.1) is 0 Å². The van der Waals surface area contributed by atoms with Crippen LogP contribution in [0.5, 0.6) is 0 Å². The van der Waals surface area contributed by atoms with E-state index >= 15 is 0 Å². The van der Waals surface area contributed by atoms with Crippen LogP contribution in [0.2, 0.25) is 0 Å². The highest BCUT2D eigenvalue weighted by atomic mass is 79.9. The van der Waals surface area contributed by atoms with Gasteiger partial charge in [-0.05, 0) is 46.8 Å². The first-order chi connectivity index (χ1) is 9.06. The van der Waals surface area contributed by atoms with Gasteiger partial charge >= 0.3 is 5.97 Å². The SMILES string of the molecule is O=C(O)CC1CCN(C(=O)c2ccc(Br)cn2)CC1. The highest BCUT2D eigenvalue weighted by molar-refractivity contribution is 9.10. The second kappa shape index (κ2) is 6.14. The third-order valence-electron chi connectivity index (χ3n) is 3.31. The van der Waals surface area contributed by atoms with Crippen LogP contribution in [0.4, 0.5) is 0 Å². The molecule has 1 N–H and O–H groups in total. The van der Waals surface area contributed by atoms with E-state index in [-0.39, 0.29) is 18.2 Å². The molecule has 1 saturated heterocycles. The van der Waals surface area contributed by atoms with Crippen molar-refractivity contribution in [2.75, 3.05) is 13.1 Å². The van der Waals surface area contributed by atoms with E-state index in [1.54, 1.807) is 23.2 Å². The molecule has 0 spiro atoms. The molecule has 1 aliphatic heterocycles. The molecule has 0 radical (unpaired) electrons. The number of aromatic nitrogens is 1. The topological polar surface area (TPSA) is 70.5 Å². The summed E-state index contributed by atoms with van der Waals surface area (Å²) in [6.45, 7) is 1.21. The van der Waals surface area contributed by atoms with Gasteiger partial charge in [0.1, 0.15) is 5.69 Å². The molecule has 0 unspecified atom stereocenters. The molecule has 0 atom stereocenters.